The van der Waals surface area contributed by atoms with E-state index in [1.807, 2.05) is 6.07 Å². The molecule has 1 aromatic carbocycles. The molecule has 4 rings (SSSR count). The Bertz CT molecular complexity index is 791. The van der Waals surface area contributed by atoms with Gasteiger partial charge in [-0.3, -0.25) is 9.59 Å². The van der Waals surface area contributed by atoms with E-state index < -0.39 is 12.0 Å². The molecule has 27 heavy (non-hydrogen) atoms. The Morgan fingerprint density at radius 1 is 1.19 bits per heavy atom. The molecule has 2 saturated carbocycles. The maximum atomic E-state index is 12.6. The van der Waals surface area contributed by atoms with Gasteiger partial charge in [0, 0.05) is 5.41 Å². The first-order chi connectivity index (χ1) is 12.7. The van der Waals surface area contributed by atoms with E-state index in [2.05, 4.69) is 20.8 Å². The molecule has 3 atom stereocenters. The minimum absolute atomic E-state index is 0.0196. The molecule has 3 amide bonds. The van der Waals surface area contributed by atoms with E-state index in [0.717, 1.165) is 17.7 Å². The van der Waals surface area contributed by atoms with Gasteiger partial charge >= 0.3 is 12.0 Å². The Balaban J connectivity index is 1.41. The minimum Gasteiger partial charge on any atom is -0.460 e. The molecule has 144 valence electrons. The summed E-state index contributed by atoms with van der Waals surface area (Å²) < 4.78 is 5.81. The fraction of sp³-hybridized carbons (Fsp3) is 0.571. The summed E-state index contributed by atoms with van der Waals surface area (Å²) in [6, 6.07) is 8.30. The van der Waals surface area contributed by atoms with Crippen molar-refractivity contribution in [2.24, 2.45) is 16.7 Å². The van der Waals surface area contributed by atoms with Crippen LogP contribution in [0.15, 0.2) is 30.3 Å². The summed E-state index contributed by atoms with van der Waals surface area (Å²) >= 11 is 0. The molecule has 1 saturated heterocycles. The minimum atomic E-state index is -0.470. The lowest BCUT2D eigenvalue weighted by Crippen LogP contribution is -2.41. The van der Waals surface area contributed by atoms with Gasteiger partial charge in [0.25, 0.3) is 5.91 Å². The first-order valence-corrected chi connectivity index (χ1v) is 9.60. The van der Waals surface area contributed by atoms with Crippen LogP contribution in [-0.2, 0) is 14.3 Å². The van der Waals surface area contributed by atoms with Gasteiger partial charge in [0.15, 0.2) is 0 Å². The number of ether oxygens (including phenoxy) is 1. The predicted octanol–water partition coefficient (Wildman–Crippen LogP) is 3.21. The molecule has 1 heterocycles. The lowest BCUT2D eigenvalue weighted by molar-refractivity contribution is -0.157. The number of imide groups is 1. The molecule has 3 unspecified atom stereocenters. The monoisotopic (exact) mass is 370 g/mol. The summed E-state index contributed by atoms with van der Waals surface area (Å²) in [5.74, 6) is -0.184. The van der Waals surface area contributed by atoms with Crippen molar-refractivity contribution in [1.82, 2.24) is 4.90 Å². The Morgan fingerprint density at radius 2 is 1.89 bits per heavy atom. The Kier molecular flexibility index (Phi) is 4.05. The number of rotatable bonds is 4. The quantitative estimate of drug-likeness (QED) is 0.603. The van der Waals surface area contributed by atoms with Gasteiger partial charge in [-0.15, -0.1) is 0 Å². The lowest BCUT2D eigenvalue weighted by atomic mass is 9.70. The average molecular weight is 370 g/mol. The van der Waals surface area contributed by atoms with Crippen molar-refractivity contribution in [2.75, 3.05) is 18.0 Å². The molecule has 1 aromatic rings. The number of benzene rings is 1. The molecule has 0 aromatic heterocycles. The average Bonchev–Trinajstić information content (AvgIpc) is 3.09. The van der Waals surface area contributed by atoms with E-state index in [-0.39, 0.29) is 35.9 Å². The first kappa shape index (κ1) is 18.0. The second kappa shape index (κ2) is 6.08. The van der Waals surface area contributed by atoms with E-state index in [0.29, 0.717) is 11.6 Å². The number of amides is 3. The number of fused-ring (bicyclic) bond motifs is 2. The second-order valence-corrected chi connectivity index (χ2v) is 8.79. The van der Waals surface area contributed by atoms with Crippen LogP contribution >= 0.6 is 0 Å². The number of esters is 1. The van der Waals surface area contributed by atoms with Crippen LogP contribution in [0, 0.1) is 16.7 Å². The standard InChI is InChI=1S/C21H26N2O4/c1-20(2)14-9-10-21(20,3)16(11-14)27-18(25)13-22-12-17(24)23(19(22)26)15-7-5-4-6-8-15/h4-8,14,16H,9-13H2,1-3H3. The second-order valence-electron chi connectivity index (χ2n) is 8.79. The number of urea groups is 1. The molecule has 3 aliphatic rings. The number of carbonyl (C=O) groups is 3. The van der Waals surface area contributed by atoms with E-state index in [4.69, 9.17) is 4.74 Å². The van der Waals surface area contributed by atoms with Gasteiger partial charge < -0.3 is 9.64 Å². The molecule has 0 spiro atoms. The zero-order chi connectivity index (χ0) is 19.4. The van der Waals surface area contributed by atoms with Crippen LogP contribution in [0.5, 0.6) is 0 Å². The smallest absolute Gasteiger partial charge is 0.332 e. The highest BCUT2D eigenvalue weighted by Gasteiger charge is 2.62. The molecule has 2 aliphatic carbocycles. The van der Waals surface area contributed by atoms with Crippen molar-refractivity contribution < 1.29 is 19.1 Å². The van der Waals surface area contributed by atoms with Crippen LogP contribution in [-0.4, -0.2) is 42.0 Å². The summed E-state index contributed by atoms with van der Waals surface area (Å²) in [4.78, 5) is 39.8. The first-order valence-electron chi connectivity index (χ1n) is 9.60. The number of nitrogens with zero attached hydrogens (tertiary/aromatic N) is 2. The summed E-state index contributed by atoms with van der Waals surface area (Å²) in [6.07, 6.45) is 3.02. The maximum absolute atomic E-state index is 12.6. The van der Waals surface area contributed by atoms with Gasteiger partial charge in [0.2, 0.25) is 0 Å². The highest BCUT2D eigenvalue weighted by atomic mass is 16.5. The zero-order valence-corrected chi connectivity index (χ0v) is 16.1. The summed E-state index contributed by atoms with van der Waals surface area (Å²) in [5.41, 5.74) is 0.654. The summed E-state index contributed by atoms with van der Waals surface area (Å²) in [6.45, 7) is 6.45. The molecular formula is C21H26N2O4. The van der Waals surface area contributed by atoms with Gasteiger partial charge in [-0.2, -0.15) is 0 Å². The van der Waals surface area contributed by atoms with Crippen molar-refractivity contribution in [1.29, 1.82) is 0 Å². The molecule has 3 fully saturated rings. The van der Waals surface area contributed by atoms with Crippen molar-refractivity contribution in [2.45, 2.75) is 46.1 Å². The molecule has 6 nitrogen and oxygen atoms in total. The number of hydrogen-bond acceptors (Lipinski definition) is 4. The zero-order valence-electron chi connectivity index (χ0n) is 16.1. The van der Waals surface area contributed by atoms with Gasteiger partial charge in [-0.05, 0) is 42.7 Å². The lowest BCUT2D eigenvalue weighted by Gasteiger charge is -2.38. The Labute approximate surface area is 159 Å². The van der Waals surface area contributed by atoms with Crippen LogP contribution in [0.1, 0.15) is 40.0 Å². The Morgan fingerprint density at radius 3 is 2.48 bits per heavy atom. The molecule has 0 N–H and O–H groups in total. The van der Waals surface area contributed by atoms with Crippen molar-refractivity contribution >= 4 is 23.6 Å². The third-order valence-electron chi connectivity index (χ3n) is 7.36. The molecule has 0 radical (unpaired) electrons. The van der Waals surface area contributed by atoms with E-state index in [1.165, 1.54) is 11.3 Å². The topological polar surface area (TPSA) is 66.9 Å². The van der Waals surface area contributed by atoms with Crippen LogP contribution in [0.25, 0.3) is 0 Å². The van der Waals surface area contributed by atoms with Crippen molar-refractivity contribution in [3.63, 3.8) is 0 Å². The van der Waals surface area contributed by atoms with E-state index >= 15 is 0 Å². The molecule has 6 heteroatoms. The van der Waals surface area contributed by atoms with Crippen LogP contribution < -0.4 is 4.90 Å². The number of carbonyl (C=O) groups excluding carboxylic acids is 3. The Hall–Kier alpha value is -2.37. The van der Waals surface area contributed by atoms with Crippen molar-refractivity contribution in [3.8, 4) is 0 Å². The van der Waals surface area contributed by atoms with E-state index in [1.54, 1.807) is 24.3 Å². The molecular weight excluding hydrogens is 344 g/mol. The fourth-order valence-corrected chi connectivity index (χ4v) is 5.16. The SMILES string of the molecule is CC1(C)C2CCC1(C)C(OC(=O)CN1CC(=O)N(c3ccccc3)C1=O)C2. The summed E-state index contributed by atoms with van der Waals surface area (Å²) in [5, 5.41) is 0. The third-order valence-corrected chi connectivity index (χ3v) is 7.36. The highest BCUT2D eigenvalue weighted by Crippen LogP contribution is 2.66. The van der Waals surface area contributed by atoms with Gasteiger partial charge in [-0.1, -0.05) is 39.0 Å². The summed E-state index contributed by atoms with van der Waals surface area (Å²) in [7, 11) is 0. The van der Waals surface area contributed by atoms with Crippen LogP contribution in [0.4, 0.5) is 10.5 Å². The fourth-order valence-electron chi connectivity index (χ4n) is 5.16. The van der Waals surface area contributed by atoms with Gasteiger partial charge in [-0.25, -0.2) is 9.69 Å². The van der Waals surface area contributed by atoms with Crippen molar-refractivity contribution in [3.05, 3.63) is 30.3 Å². The largest absolute Gasteiger partial charge is 0.460 e. The maximum Gasteiger partial charge on any atom is 0.332 e. The highest BCUT2D eigenvalue weighted by molar-refractivity contribution is 6.20. The molecule has 1 aliphatic heterocycles. The molecule has 2 bridgehead atoms. The van der Waals surface area contributed by atoms with Gasteiger partial charge in [0.05, 0.1) is 5.69 Å². The number of para-hydroxylation sites is 1. The van der Waals surface area contributed by atoms with E-state index in [9.17, 15) is 14.4 Å². The number of anilines is 1. The number of hydrogen-bond donors (Lipinski definition) is 0. The third kappa shape index (κ3) is 2.65. The normalized spacial score (nSPS) is 31.7. The predicted molar refractivity (Wildman–Crippen MR) is 100 cm³/mol. The van der Waals surface area contributed by atoms with Gasteiger partial charge in [0.1, 0.15) is 19.2 Å². The van der Waals surface area contributed by atoms with Crippen LogP contribution in [0.2, 0.25) is 0 Å². The van der Waals surface area contributed by atoms with Crippen LogP contribution in [0.3, 0.4) is 0 Å².